The van der Waals surface area contributed by atoms with Gasteiger partial charge in [0.05, 0.1) is 5.52 Å². The molecule has 92 valence electrons. The van der Waals surface area contributed by atoms with Crippen molar-refractivity contribution in [1.82, 2.24) is 4.40 Å². The van der Waals surface area contributed by atoms with Crippen molar-refractivity contribution >= 4 is 21.4 Å². The van der Waals surface area contributed by atoms with E-state index in [1.54, 1.807) is 0 Å². The molecule has 0 bridgehead atoms. The van der Waals surface area contributed by atoms with Crippen molar-refractivity contribution in [2.75, 3.05) is 6.54 Å². The van der Waals surface area contributed by atoms with E-state index in [1.807, 2.05) is 0 Å². The molecular weight excluding hydrogens is 276 g/mol. The van der Waals surface area contributed by atoms with E-state index in [0.29, 0.717) is 6.54 Å². The van der Waals surface area contributed by atoms with Gasteiger partial charge in [0.15, 0.2) is 0 Å². The van der Waals surface area contributed by atoms with Crippen LogP contribution >= 0.6 is 15.9 Å². The highest BCUT2D eigenvalue weighted by Crippen LogP contribution is 2.32. The van der Waals surface area contributed by atoms with Crippen molar-refractivity contribution in [3.8, 4) is 0 Å². The van der Waals surface area contributed by atoms with Crippen LogP contribution in [-0.2, 0) is 6.42 Å². The topological polar surface area (TPSA) is 30.4 Å². The Kier molecular flexibility index (Phi) is 3.32. The van der Waals surface area contributed by atoms with Crippen molar-refractivity contribution < 1.29 is 0 Å². The first-order valence-electron chi connectivity index (χ1n) is 5.90. The van der Waals surface area contributed by atoms with Crippen LogP contribution in [0.15, 0.2) is 28.9 Å². The minimum absolute atomic E-state index is 0.133. The van der Waals surface area contributed by atoms with E-state index in [4.69, 9.17) is 5.73 Å². The van der Waals surface area contributed by atoms with E-state index in [2.05, 4.69) is 65.5 Å². The predicted molar refractivity (Wildman–Crippen MR) is 76.4 cm³/mol. The molecule has 0 fully saturated rings. The number of fused-ring (bicyclic) bond motifs is 1. The highest BCUT2D eigenvalue weighted by molar-refractivity contribution is 9.10. The molecule has 0 saturated carbocycles. The van der Waals surface area contributed by atoms with Crippen LogP contribution in [0.2, 0.25) is 0 Å². The maximum Gasteiger partial charge on any atom is 0.0597 e. The zero-order valence-electron chi connectivity index (χ0n) is 10.6. The van der Waals surface area contributed by atoms with E-state index >= 15 is 0 Å². The zero-order chi connectivity index (χ0) is 12.6. The molecular formula is C14H19BrN2. The smallest absolute Gasteiger partial charge is 0.0597 e. The molecule has 17 heavy (non-hydrogen) atoms. The molecule has 0 aliphatic carbocycles. The molecule has 0 radical (unpaired) electrons. The minimum Gasteiger partial charge on any atom is -0.330 e. The van der Waals surface area contributed by atoms with Gasteiger partial charge < -0.3 is 10.1 Å². The fraction of sp³-hybridized carbons (Fsp3) is 0.429. The number of rotatable bonds is 3. The molecule has 2 N–H and O–H groups in total. The third-order valence-corrected chi connectivity index (χ3v) is 4.34. The fourth-order valence-electron chi connectivity index (χ4n) is 2.10. The molecule has 0 aliphatic rings. The summed E-state index contributed by atoms with van der Waals surface area (Å²) in [6.07, 6.45) is 3.11. The van der Waals surface area contributed by atoms with Gasteiger partial charge >= 0.3 is 0 Å². The monoisotopic (exact) mass is 294 g/mol. The summed E-state index contributed by atoms with van der Waals surface area (Å²) in [5.41, 5.74) is 9.86. The van der Waals surface area contributed by atoms with Gasteiger partial charge in [-0.05, 0) is 58.9 Å². The van der Waals surface area contributed by atoms with Crippen LogP contribution in [0.3, 0.4) is 0 Å². The van der Waals surface area contributed by atoms with E-state index in [9.17, 15) is 0 Å². The SMILES string of the molecule is Cc1c(Br)c2ccccn2c1CC(C)(C)CN. The van der Waals surface area contributed by atoms with Gasteiger partial charge in [-0.1, -0.05) is 19.9 Å². The third kappa shape index (κ3) is 2.26. The predicted octanol–water partition coefficient (Wildman–Crippen LogP) is 3.54. The molecule has 0 unspecified atom stereocenters. The summed E-state index contributed by atoms with van der Waals surface area (Å²) in [6.45, 7) is 7.29. The van der Waals surface area contributed by atoms with Crippen LogP contribution in [0.25, 0.3) is 5.52 Å². The molecule has 0 spiro atoms. The van der Waals surface area contributed by atoms with Crippen molar-refractivity contribution in [2.45, 2.75) is 27.2 Å². The van der Waals surface area contributed by atoms with Crippen LogP contribution in [0.4, 0.5) is 0 Å². The Balaban J connectivity index is 2.57. The van der Waals surface area contributed by atoms with Gasteiger partial charge in [-0.3, -0.25) is 0 Å². The molecule has 0 aliphatic heterocycles. The molecule has 0 atom stereocenters. The van der Waals surface area contributed by atoms with Gasteiger partial charge in [0.1, 0.15) is 0 Å². The van der Waals surface area contributed by atoms with Crippen LogP contribution in [0, 0.1) is 12.3 Å². The summed E-state index contributed by atoms with van der Waals surface area (Å²) in [5, 5.41) is 0. The summed E-state index contributed by atoms with van der Waals surface area (Å²) in [4.78, 5) is 0. The Bertz CT molecular complexity index is 540. The summed E-state index contributed by atoms with van der Waals surface area (Å²) in [7, 11) is 0. The lowest BCUT2D eigenvalue weighted by Crippen LogP contribution is -2.26. The van der Waals surface area contributed by atoms with Gasteiger partial charge in [-0.25, -0.2) is 0 Å². The van der Waals surface area contributed by atoms with Crippen molar-refractivity contribution in [3.63, 3.8) is 0 Å². The Morgan fingerprint density at radius 2 is 2.06 bits per heavy atom. The average molecular weight is 295 g/mol. The van der Waals surface area contributed by atoms with E-state index in [-0.39, 0.29) is 5.41 Å². The lowest BCUT2D eigenvalue weighted by Gasteiger charge is -2.22. The molecule has 2 aromatic rings. The number of hydrogen-bond acceptors (Lipinski definition) is 1. The Hall–Kier alpha value is -0.800. The molecule has 0 aromatic carbocycles. The second-order valence-corrected chi connectivity index (χ2v) is 6.18. The molecule has 2 rings (SSSR count). The third-order valence-electron chi connectivity index (χ3n) is 3.34. The van der Waals surface area contributed by atoms with Crippen molar-refractivity contribution in [3.05, 3.63) is 40.1 Å². The van der Waals surface area contributed by atoms with E-state index in [0.717, 1.165) is 6.42 Å². The van der Waals surface area contributed by atoms with Gasteiger partial charge in [-0.15, -0.1) is 0 Å². The van der Waals surface area contributed by atoms with Gasteiger partial charge in [0.2, 0.25) is 0 Å². The number of pyridine rings is 1. The number of aromatic nitrogens is 1. The number of nitrogens with two attached hydrogens (primary N) is 1. The zero-order valence-corrected chi connectivity index (χ0v) is 12.2. The molecule has 2 nitrogen and oxygen atoms in total. The Labute approximate surface area is 111 Å². The number of halogens is 1. The Morgan fingerprint density at radius 1 is 1.35 bits per heavy atom. The molecule has 0 saturated heterocycles. The van der Waals surface area contributed by atoms with Crippen molar-refractivity contribution in [2.24, 2.45) is 11.1 Å². The average Bonchev–Trinajstić information content (AvgIpc) is 2.55. The van der Waals surface area contributed by atoms with Crippen LogP contribution < -0.4 is 5.73 Å². The lowest BCUT2D eigenvalue weighted by atomic mass is 9.87. The standard InChI is InChI=1S/C14H19BrN2/c1-10-12(8-14(2,3)9-16)17-7-5-4-6-11(17)13(10)15/h4-7H,8-9,16H2,1-3H3. The summed E-state index contributed by atoms with van der Waals surface area (Å²) in [5.74, 6) is 0. The number of nitrogens with zero attached hydrogens (tertiary/aromatic N) is 1. The molecule has 2 heterocycles. The second-order valence-electron chi connectivity index (χ2n) is 5.39. The lowest BCUT2D eigenvalue weighted by molar-refractivity contribution is 0.371. The van der Waals surface area contributed by atoms with Crippen LogP contribution in [-0.4, -0.2) is 10.9 Å². The summed E-state index contributed by atoms with van der Waals surface area (Å²) >= 11 is 3.68. The molecule has 0 amide bonds. The normalized spacial score (nSPS) is 12.3. The van der Waals surface area contributed by atoms with E-state index < -0.39 is 0 Å². The first-order chi connectivity index (χ1) is 7.96. The van der Waals surface area contributed by atoms with Gasteiger partial charge in [0.25, 0.3) is 0 Å². The summed E-state index contributed by atoms with van der Waals surface area (Å²) in [6, 6.07) is 6.27. The van der Waals surface area contributed by atoms with Crippen LogP contribution in [0.1, 0.15) is 25.1 Å². The van der Waals surface area contributed by atoms with Crippen LogP contribution in [0.5, 0.6) is 0 Å². The maximum absolute atomic E-state index is 5.83. The number of hydrogen-bond donors (Lipinski definition) is 1. The quantitative estimate of drug-likeness (QED) is 0.922. The van der Waals surface area contributed by atoms with Gasteiger partial charge in [0, 0.05) is 16.4 Å². The highest BCUT2D eigenvalue weighted by Gasteiger charge is 2.21. The first-order valence-corrected chi connectivity index (χ1v) is 6.69. The first kappa shape index (κ1) is 12.7. The largest absolute Gasteiger partial charge is 0.330 e. The van der Waals surface area contributed by atoms with E-state index in [1.165, 1.54) is 21.2 Å². The molecule has 2 aromatic heterocycles. The fourth-order valence-corrected chi connectivity index (χ4v) is 2.65. The molecule has 3 heteroatoms. The highest BCUT2D eigenvalue weighted by atomic mass is 79.9. The van der Waals surface area contributed by atoms with Gasteiger partial charge in [-0.2, -0.15) is 0 Å². The summed E-state index contributed by atoms with van der Waals surface area (Å²) < 4.78 is 3.46. The van der Waals surface area contributed by atoms with Crippen molar-refractivity contribution in [1.29, 1.82) is 0 Å². The second kappa shape index (κ2) is 4.46. The Morgan fingerprint density at radius 3 is 2.71 bits per heavy atom. The maximum atomic E-state index is 5.83. The minimum atomic E-state index is 0.133.